The molecule has 1 heterocycles. The van der Waals surface area contributed by atoms with Crippen molar-refractivity contribution in [3.63, 3.8) is 0 Å². The first-order valence-corrected chi connectivity index (χ1v) is 10.3. The van der Waals surface area contributed by atoms with E-state index < -0.39 is 8.32 Å². The van der Waals surface area contributed by atoms with Gasteiger partial charge in [0.25, 0.3) is 0 Å². The fourth-order valence-electron chi connectivity index (χ4n) is 1.64. The number of allylic oxidation sites excluding steroid dienone is 1. The summed E-state index contributed by atoms with van der Waals surface area (Å²) in [5, 5.41) is 0.299. The summed E-state index contributed by atoms with van der Waals surface area (Å²) in [6.07, 6.45) is 7.42. The normalized spacial score (nSPS) is 18.6. The molecule has 1 aliphatic heterocycles. The van der Waals surface area contributed by atoms with Gasteiger partial charge in [0, 0.05) is 13.0 Å². The van der Waals surface area contributed by atoms with Gasteiger partial charge < -0.3 is 13.9 Å². The van der Waals surface area contributed by atoms with Crippen molar-refractivity contribution in [2.24, 2.45) is 0 Å². The Kier molecular flexibility index (Phi) is 6.73. The van der Waals surface area contributed by atoms with Crippen LogP contribution in [0.2, 0.25) is 18.1 Å². The standard InChI is InChI=1S/C15H30O3Si/c1-15(2,3)19(4,5)18-11-9-7-6-8-10-14-16-12-13-17-14/h6-7,14H,8-13H2,1-5H3. The van der Waals surface area contributed by atoms with Crippen LogP contribution in [0.5, 0.6) is 0 Å². The van der Waals surface area contributed by atoms with Crippen molar-refractivity contribution < 1.29 is 13.9 Å². The van der Waals surface area contributed by atoms with Crippen LogP contribution in [0.4, 0.5) is 0 Å². The maximum atomic E-state index is 6.11. The molecule has 0 aliphatic carbocycles. The predicted octanol–water partition coefficient (Wildman–Crippen LogP) is 4.11. The largest absolute Gasteiger partial charge is 0.417 e. The lowest BCUT2D eigenvalue weighted by atomic mass is 10.2. The Labute approximate surface area is 119 Å². The zero-order valence-corrected chi connectivity index (χ0v) is 14.2. The first-order chi connectivity index (χ1) is 8.83. The summed E-state index contributed by atoms with van der Waals surface area (Å²) in [5.74, 6) is 0. The Hall–Kier alpha value is -0.163. The highest BCUT2D eigenvalue weighted by Crippen LogP contribution is 2.36. The third-order valence-corrected chi connectivity index (χ3v) is 8.52. The quantitative estimate of drug-likeness (QED) is 0.400. The minimum Gasteiger partial charge on any atom is -0.417 e. The molecule has 0 bridgehead atoms. The average Bonchev–Trinajstić information content (AvgIpc) is 2.79. The van der Waals surface area contributed by atoms with E-state index in [1.807, 2.05) is 0 Å². The van der Waals surface area contributed by atoms with Crippen molar-refractivity contribution in [3.05, 3.63) is 12.2 Å². The molecule has 19 heavy (non-hydrogen) atoms. The predicted molar refractivity (Wildman–Crippen MR) is 81.8 cm³/mol. The van der Waals surface area contributed by atoms with Crippen molar-refractivity contribution in [1.82, 2.24) is 0 Å². The molecule has 0 saturated carbocycles. The second-order valence-electron chi connectivity index (χ2n) is 6.62. The molecule has 1 rings (SSSR count). The molecule has 0 unspecified atom stereocenters. The maximum Gasteiger partial charge on any atom is 0.191 e. The summed E-state index contributed by atoms with van der Waals surface area (Å²) in [5.41, 5.74) is 0. The van der Waals surface area contributed by atoms with E-state index in [-0.39, 0.29) is 6.29 Å². The van der Waals surface area contributed by atoms with E-state index in [4.69, 9.17) is 13.9 Å². The third-order valence-electron chi connectivity index (χ3n) is 3.98. The summed E-state index contributed by atoms with van der Waals surface area (Å²) >= 11 is 0. The van der Waals surface area contributed by atoms with Gasteiger partial charge >= 0.3 is 0 Å². The lowest BCUT2D eigenvalue weighted by molar-refractivity contribution is -0.0457. The van der Waals surface area contributed by atoms with Crippen molar-refractivity contribution >= 4 is 8.32 Å². The number of hydrogen-bond acceptors (Lipinski definition) is 3. The smallest absolute Gasteiger partial charge is 0.191 e. The topological polar surface area (TPSA) is 27.7 Å². The second-order valence-corrected chi connectivity index (χ2v) is 11.4. The Morgan fingerprint density at radius 3 is 2.26 bits per heavy atom. The fourth-order valence-corrected chi connectivity index (χ4v) is 2.70. The van der Waals surface area contributed by atoms with Gasteiger partial charge in [0.1, 0.15) is 0 Å². The molecule has 0 atom stereocenters. The van der Waals surface area contributed by atoms with Crippen molar-refractivity contribution in [2.75, 3.05) is 19.8 Å². The molecule has 0 aromatic carbocycles. The van der Waals surface area contributed by atoms with Crippen molar-refractivity contribution in [2.45, 2.75) is 64.5 Å². The number of rotatable bonds is 7. The molecule has 3 nitrogen and oxygen atoms in total. The summed E-state index contributed by atoms with van der Waals surface area (Å²) < 4.78 is 16.9. The monoisotopic (exact) mass is 286 g/mol. The first-order valence-electron chi connectivity index (χ1n) is 7.35. The van der Waals surface area contributed by atoms with Gasteiger partial charge in [0.15, 0.2) is 14.6 Å². The van der Waals surface area contributed by atoms with Gasteiger partial charge in [-0.25, -0.2) is 0 Å². The van der Waals surface area contributed by atoms with Crippen LogP contribution < -0.4 is 0 Å². The Bertz CT molecular complexity index is 276. The van der Waals surface area contributed by atoms with Gasteiger partial charge in [0.2, 0.25) is 0 Å². The van der Waals surface area contributed by atoms with Gasteiger partial charge in [0.05, 0.1) is 13.2 Å². The minimum absolute atomic E-state index is 0.0214. The maximum absolute atomic E-state index is 6.11. The van der Waals surface area contributed by atoms with Crippen LogP contribution in [0.1, 0.15) is 40.0 Å². The second kappa shape index (κ2) is 7.57. The molecule has 0 N–H and O–H groups in total. The molecular formula is C15H30O3Si. The van der Waals surface area contributed by atoms with E-state index in [9.17, 15) is 0 Å². The molecule has 0 spiro atoms. The highest BCUT2D eigenvalue weighted by Gasteiger charge is 2.36. The van der Waals surface area contributed by atoms with Crippen LogP contribution in [-0.4, -0.2) is 34.4 Å². The zero-order valence-electron chi connectivity index (χ0n) is 13.2. The molecule has 1 saturated heterocycles. The third kappa shape index (κ3) is 6.21. The lowest BCUT2D eigenvalue weighted by Gasteiger charge is -2.36. The van der Waals surface area contributed by atoms with Gasteiger partial charge in [-0.1, -0.05) is 32.9 Å². The summed E-state index contributed by atoms with van der Waals surface area (Å²) in [7, 11) is -1.57. The van der Waals surface area contributed by atoms with Crippen LogP contribution >= 0.6 is 0 Å². The van der Waals surface area contributed by atoms with Gasteiger partial charge in [-0.05, 0) is 31.0 Å². The molecule has 0 aromatic heterocycles. The average molecular weight is 286 g/mol. The fraction of sp³-hybridized carbons (Fsp3) is 0.867. The number of ether oxygens (including phenoxy) is 2. The highest BCUT2D eigenvalue weighted by molar-refractivity contribution is 6.74. The minimum atomic E-state index is -1.57. The molecular weight excluding hydrogens is 256 g/mol. The van der Waals surface area contributed by atoms with Crippen molar-refractivity contribution in [3.8, 4) is 0 Å². The molecule has 0 aromatic rings. The molecule has 1 fully saturated rings. The Morgan fingerprint density at radius 1 is 1.11 bits per heavy atom. The van der Waals surface area contributed by atoms with Gasteiger partial charge in [-0.2, -0.15) is 0 Å². The van der Waals surface area contributed by atoms with E-state index in [1.165, 1.54) is 0 Å². The molecule has 112 valence electrons. The van der Waals surface area contributed by atoms with Gasteiger partial charge in [-0.15, -0.1) is 0 Å². The summed E-state index contributed by atoms with van der Waals surface area (Å²) in [6, 6.07) is 0. The summed E-state index contributed by atoms with van der Waals surface area (Å²) in [6.45, 7) is 13.7. The van der Waals surface area contributed by atoms with Gasteiger partial charge in [-0.3, -0.25) is 0 Å². The van der Waals surface area contributed by atoms with E-state index >= 15 is 0 Å². The van der Waals surface area contributed by atoms with Crippen molar-refractivity contribution in [1.29, 1.82) is 0 Å². The first kappa shape index (κ1) is 16.9. The van der Waals surface area contributed by atoms with Crippen LogP contribution in [0.15, 0.2) is 12.2 Å². The van der Waals surface area contributed by atoms with Crippen LogP contribution in [-0.2, 0) is 13.9 Å². The van der Waals surface area contributed by atoms with Crippen LogP contribution in [0.25, 0.3) is 0 Å². The zero-order chi connectivity index (χ0) is 14.4. The number of hydrogen-bond donors (Lipinski definition) is 0. The lowest BCUT2D eigenvalue weighted by Crippen LogP contribution is -2.40. The van der Waals surface area contributed by atoms with E-state index in [0.717, 1.165) is 39.1 Å². The molecule has 1 aliphatic rings. The Balaban J connectivity index is 2.06. The van der Waals surface area contributed by atoms with E-state index in [2.05, 4.69) is 46.0 Å². The van der Waals surface area contributed by atoms with Crippen LogP contribution in [0.3, 0.4) is 0 Å². The van der Waals surface area contributed by atoms with E-state index in [0.29, 0.717) is 5.04 Å². The molecule has 4 heteroatoms. The van der Waals surface area contributed by atoms with Crippen LogP contribution in [0, 0.1) is 0 Å². The molecule has 0 radical (unpaired) electrons. The SMILES string of the molecule is CC(C)(C)[Si](C)(C)OCCC=CCCC1OCCO1. The summed E-state index contributed by atoms with van der Waals surface area (Å²) in [4.78, 5) is 0. The Morgan fingerprint density at radius 2 is 1.68 bits per heavy atom. The molecule has 0 amide bonds. The van der Waals surface area contributed by atoms with E-state index in [1.54, 1.807) is 0 Å². The highest BCUT2D eigenvalue weighted by atomic mass is 28.4.